The Morgan fingerprint density at radius 2 is 1.97 bits per heavy atom. The van der Waals surface area contributed by atoms with Gasteiger partial charge in [-0.15, -0.1) is 0 Å². The van der Waals surface area contributed by atoms with Crippen LogP contribution in [0.2, 0.25) is 0 Å². The normalized spacial score (nSPS) is 14.6. The van der Waals surface area contributed by atoms with Crippen molar-refractivity contribution in [2.45, 2.75) is 13.3 Å². The highest BCUT2D eigenvalue weighted by Crippen LogP contribution is 2.34. The van der Waals surface area contributed by atoms with Gasteiger partial charge in [0.25, 0.3) is 0 Å². The summed E-state index contributed by atoms with van der Waals surface area (Å²) >= 11 is 0. The van der Waals surface area contributed by atoms with Crippen molar-refractivity contribution in [2.24, 2.45) is 0 Å². The minimum atomic E-state index is 0.614. The van der Waals surface area contributed by atoms with Crippen LogP contribution in [0.15, 0.2) is 36.8 Å². The molecule has 1 aliphatic heterocycles. The fourth-order valence-electron chi connectivity index (χ4n) is 3.46. The number of benzene rings is 1. The lowest BCUT2D eigenvalue weighted by Gasteiger charge is -2.26. The number of nitrogens with zero attached hydrogens (tertiary/aromatic N) is 4. The number of methoxy groups -OCH3 is 1. The van der Waals surface area contributed by atoms with Crippen LogP contribution in [0.1, 0.15) is 12.0 Å². The molecule has 0 aliphatic carbocycles. The molecule has 3 aromatic rings. The molecule has 8 heteroatoms. The van der Waals surface area contributed by atoms with Crippen molar-refractivity contribution in [3.05, 3.63) is 42.4 Å². The Hall–Kier alpha value is -2.97. The van der Waals surface area contributed by atoms with Crippen LogP contribution >= 0.6 is 0 Å². The van der Waals surface area contributed by atoms with E-state index >= 15 is 0 Å². The van der Waals surface area contributed by atoms with Crippen LogP contribution in [0.4, 0.5) is 11.6 Å². The molecule has 0 bridgehead atoms. The van der Waals surface area contributed by atoms with Crippen LogP contribution in [-0.2, 0) is 4.74 Å². The molecule has 158 valence electrons. The van der Waals surface area contributed by atoms with E-state index in [9.17, 15) is 0 Å². The maximum Gasteiger partial charge on any atom is 0.163 e. The lowest BCUT2D eigenvalue weighted by molar-refractivity contribution is 0.0357. The van der Waals surface area contributed by atoms with E-state index in [1.54, 1.807) is 13.3 Å². The average molecular weight is 409 g/mol. The molecule has 1 aliphatic rings. The van der Waals surface area contributed by atoms with Crippen molar-refractivity contribution in [1.29, 1.82) is 0 Å². The second kappa shape index (κ2) is 9.69. The second-order valence-corrected chi connectivity index (χ2v) is 7.19. The Morgan fingerprint density at radius 1 is 1.10 bits per heavy atom. The first-order chi connectivity index (χ1) is 14.7. The lowest BCUT2D eigenvalue weighted by atomic mass is 10.2. The fourth-order valence-corrected chi connectivity index (χ4v) is 3.46. The summed E-state index contributed by atoms with van der Waals surface area (Å²) in [6, 6.07) is 7.72. The van der Waals surface area contributed by atoms with Gasteiger partial charge >= 0.3 is 0 Å². The Labute approximate surface area is 176 Å². The number of pyridine rings is 1. The number of morpholine rings is 1. The highest BCUT2D eigenvalue weighted by molar-refractivity contribution is 5.92. The molecule has 1 N–H and O–H groups in total. The van der Waals surface area contributed by atoms with Gasteiger partial charge < -0.3 is 19.5 Å². The van der Waals surface area contributed by atoms with Crippen LogP contribution < -0.4 is 14.8 Å². The molecule has 3 heterocycles. The number of aromatic nitrogens is 3. The molecular formula is C22H27N5O3. The van der Waals surface area contributed by atoms with Gasteiger partial charge in [0.1, 0.15) is 18.0 Å². The number of fused-ring (bicyclic) bond motifs is 1. The zero-order valence-electron chi connectivity index (χ0n) is 17.4. The summed E-state index contributed by atoms with van der Waals surface area (Å²) in [6.07, 6.45) is 4.23. The van der Waals surface area contributed by atoms with Crippen molar-refractivity contribution in [2.75, 3.05) is 51.9 Å². The topological polar surface area (TPSA) is 81.6 Å². The van der Waals surface area contributed by atoms with E-state index in [1.165, 1.54) is 6.33 Å². The lowest BCUT2D eigenvalue weighted by Crippen LogP contribution is -2.37. The zero-order valence-corrected chi connectivity index (χ0v) is 17.4. The van der Waals surface area contributed by atoms with Gasteiger partial charge in [-0.2, -0.15) is 0 Å². The third-order valence-electron chi connectivity index (χ3n) is 5.15. The van der Waals surface area contributed by atoms with Crippen molar-refractivity contribution >= 4 is 22.5 Å². The van der Waals surface area contributed by atoms with E-state index in [1.807, 2.05) is 31.2 Å². The Kier molecular flexibility index (Phi) is 6.56. The molecule has 1 fully saturated rings. The molecule has 0 atom stereocenters. The Morgan fingerprint density at radius 3 is 2.77 bits per heavy atom. The maximum atomic E-state index is 6.03. The summed E-state index contributed by atoms with van der Waals surface area (Å²) in [5.74, 6) is 2.79. The smallest absolute Gasteiger partial charge is 0.163 e. The van der Waals surface area contributed by atoms with E-state index in [0.717, 1.165) is 61.6 Å². The summed E-state index contributed by atoms with van der Waals surface area (Å²) in [7, 11) is 1.64. The van der Waals surface area contributed by atoms with E-state index in [-0.39, 0.29) is 0 Å². The number of ether oxygens (including phenoxy) is 3. The Balaban J connectivity index is 1.48. The van der Waals surface area contributed by atoms with Crippen LogP contribution in [-0.4, -0.2) is 66.4 Å². The number of hydrogen-bond acceptors (Lipinski definition) is 8. The monoisotopic (exact) mass is 409 g/mol. The van der Waals surface area contributed by atoms with Gasteiger partial charge in [-0.05, 0) is 31.0 Å². The molecular weight excluding hydrogens is 382 g/mol. The number of rotatable bonds is 8. The first-order valence-electron chi connectivity index (χ1n) is 10.2. The second-order valence-electron chi connectivity index (χ2n) is 7.19. The standard InChI is InChI=1S/C22H27N5O3/c1-16-5-3-6-23-21(16)26-22-17-13-19(28-2)20(14-18(17)24-15-25-22)30-10-4-7-27-8-11-29-12-9-27/h3,5-6,13-15H,4,7-12H2,1-2H3,(H,23,24,25,26). The van der Waals surface area contributed by atoms with Gasteiger partial charge in [0.15, 0.2) is 11.5 Å². The van der Waals surface area contributed by atoms with Crippen LogP contribution in [0.3, 0.4) is 0 Å². The first-order valence-corrected chi connectivity index (χ1v) is 10.2. The molecule has 0 radical (unpaired) electrons. The Bertz CT molecular complexity index is 992. The van der Waals surface area contributed by atoms with Crippen molar-refractivity contribution in [3.8, 4) is 11.5 Å². The van der Waals surface area contributed by atoms with Crippen LogP contribution in [0.25, 0.3) is 10.9 Å². The number of anilines is 2. The van der Waals surface area contributed by atoms with Gasteiger partial charge in [0.05, 0.1) is 32.4 Å². The SMILES string of the molecule is COc1cc2c(Nc3ncccc3C)ncnc2cc1OCCCN1CCOCC1. The third-order valence-corrected chi connectivity index (χ3v) is 5.15. The molecule has 0 amide bonds. The highest BCUT2D eigenvalue weighted by Gasteiger charge is 2.14. The summed E-state index contributed by atoms with van der Waals surface area (Å²) in [5.41, 5.74) is 1.82. The van der Waals surface area contributed by atoms with E-state index < -0.39 is 0 Å². The number of aryl methyl sites for hydroxylation is 1. The molecule has 0 unspecified atom stereocenters. The minimum absolute atomic E-state index is 0.614. The number of nitrogens with one attached hydrogen (secondary N) is 1. The van der Waals surface area contributed by atoms with E-state index in [4.69, 9.17) is 14.2 Å². The molecule has 2 aromatic heterocycles. The van der Waals surface area contributed by atoms with Crippen molar-refractivity contribution in [1.82, 2.24) is 19.9 Å². The fraction of sp³-hybridized carbons (Fsp3) is 0.409. The summed E-state index contributed by atoms with van der Waals surface area (Å²) in [4.78, 5) is 15.6. The number of hydrogen-bond donors (Lipinski definition) is 1. The minimum Gasteiger partial charge on any atom is -0.493 e. The van der Waals surface area contributed by atoms with Gasteiger partial charge in [0, 0.05) is 37.3 Å². The highest BCUT2D eigenvalue weighted by atomic mass is 16.5. The van der Waals surface area contributed by atoms with Gasteiger partial charge in [-0.1, -0.05) is 6.07 Å². The van der Waals surface area contributed by atoms with Gasteiger partial charge in [0.2, 0.25) is 0 Å². The van der Waals surface area contributed by atoms with E-state index in [2.05, 4.69) is 25.2 Å². The van der Waals surface area contributed by atoms with Gasteiger partial charge in [-0.3, -0.25) is 4.90 Å². The molecule has 4 rings (SSSR count). The van der Waals surface area contributed by atoms with E-state index in [0.29, 0.717) is 23.9 Å². The molecule has 1 saturated heterocycles. The largest absolute Gasteiger partial charge is 0.493 e. The van der Waals surface area contributed by atoms with Crippen molar-refractivity contribution in [3.63, 3.8) is 0 Å². The third kappa shape index (κ3) is 4.77. The first kappa shape index (κ1) is 20.3. The zero-order chi connectivity index (χ0) is 20.8. The predicted octanol–water partition coefficient (Wildman–Crippen LogP) is 3.19. The maximum absolute atomic E-state index is 6.03. The van der Waals surface area contributed by atoms with Crippen molar-refractivity contribution < 1.29 is 14.2 Å². The average Bonchev–Trinajstić information content (AvgIpc) is 2.78. The summed E-state index contributed by atoms with van der Waals surface area (Å²) in [6.45, 7) is 7.22. The molecule has 30 heavy (non-hydrogen) atoms. The summed E-state index contributed by atoms with van der Waals surface area (Å²) in [5, 5.41) is 4.15. The predicted molar refractivity (Wildman–Crippen MR) is 116 cm³/mol. The quantitative estimate of drug-likeness (QED) is 0.568. The molecule has 0 saturated carbocycles. The van der Waals surface area contributed by atoms with Gasteiger partial charge in [-0.25, -0.2) is 15.0 Å². The van der Waals surface area contributed by atoms with Crippen LogP contribution in [0.5, 0.6) is 11.5 Å². The molecule has 8 nitrogen and oxygen atoms in total. The molecule has 0 spiro atoms. The summed E-state index contributed by atoms with van der Waals surface area (Å²) < 4.78 is 17.0. The van der Waals surface area contributed by atoms with Crippen LogP contribution in [0, 0.1) is 6.92 Å². The molecule has 1 aromatic carbocycles.